The molecule has 0 fully saturated rings. The Morgan fingerprint density at radius 2 is 1.32 bits per heavy atom. The predicted molar refractivity (Wildman–Crippen MR) is 119 cm³/mol. The van der Waals surface area contributed by atoms with E-state index >= 15 is 0 Å². The molecule has 28 heavy (non-hydrogen) atoms. The van der Waals surface area contributed by atoms with Crippen LogP contribution in [0.25, 0.3) is 10.8 Å². The molecule has 0 heterocycles. The molecular formula is C24H36O3S. The standard InChI is InChI=1S/C24H36O3S/c1-2-3-4-5-6-7-8-9-10-11-12-13-15-21-18-19-22-16-14-17-24(23(22)20-21)28(25,26)27/h14,16-20H,2-13,15H2,1H3,(H,25,26,27). The Morgan fingerprint density at radius 3 is 1.89 bits per heavy atom. The van der Waals surface area contributed by atoms with Crippen molar-refractivity contribution >= 4 is 20.9 Å². The Kier molecular flexibility index (Phi) is 10.0. The molecule has 0 saturated heterocycles. The van der Waals surface area contributed by atoms with Crippen molar-refractivity contribution in [2.24, 2.45) is 0 Å². The second-order valence-electron chi connectivity index (χ2n) is 7.93. The van der Waals surface area contributed by atoms with Crippen molar-refractivity contribution < 1.29 is 13.0 Å². The highest BCUT2D eigenvalue weighted by atomic mass is 32.2. The van der Waals surface area contributed by atoms with Crippen molar-refractivity contribution in [1.29, 1.82) is 0 Å². The molecule has 0 saturated carbocycles. The van der Waals surface area contributed by atoms with Gasteiger partial charge in [-0.3, -0.25) is 4.55 Å². The summed E-state index contributed by atoms with van der Waals surface area (Å²) in [5.74, 6) is 0. The van der Waals surface area contributed by atoms with Gasteiger partial charge in [0.1, 0.15) is 4.90 Å². The summed E-state index contributed by atoms with van der Waals surface area (Å²) in [4.78, 5) is 0.00143. The number of rotatable bonds is 14. The van der Waals surface area contributed by atoms with Crippen LogP contribution in [-0.2, 0) is 16.5 Å². The van der Waals surface area contributed by atoms with Crippen molar-refractivity contribution in [2.45, 2.75) is 95.3 Å². The van der Waals surface area contributed by atoms with E-state index in [0.29, 0.717) is 5.39 Å². The molecule has 3 nitrogen and oxygen atoms in total. The number of aryl methyl sites for hydroxylation is 1. The van der Waals surface area contributed by atoms with Crippen molar-refractivity contribution in [3.05, 3.63) is 42.0 Å². The average Bonchev–Trinajstić information content (AvgIpc) is 2.67. The van der Waals surface area contributed by atoms with Gasteiger partial charge in [0.25, 0.3) is 10.1 Å². The van der Waals surface area contributed by atoms with Gasteiger partial charge in [-0.25, -0.2) is 0 Å². The molecule has 0 amide bonds. The van der Waals surface area contributed by atoms with Gasteiger partial charge in [-0.05, 0) is 35.9 Å². The largest absolute Gasteiger partial charge is 0.295 e. The first-order chi connectivity index (χ1) is 13.5. The van der Waals surface area contributed by atoms with Crippen molar-refractivity contribution in [3.63, 3.8) is 0 Å². The molecule has 0 aliphatic heterocycles. The molecule has 1 N–H and O–H groups in total. The van der Waals surface area contributed by atoms with E-state index in [1.54, 1.807) is 6.07 Å². The van der Waals surface area contributed by atoms with E-state index in [4.69, 9.17) is 0 Å². The number of hydrogen-bond acceptors (Lipinski definition) is 2. The Balaban J connectivity index is 1.66. The van der Waals surface area contributed by atoms with Crippen molar-refractivity contribution in [1.82, 2.24) is 0 Å². The van der Waals surface area contributed by atoms with E-state index in [9.17, 15) is 13.0 Å². The van der Waals surface area contributed by atoms with E-state index in [2.05, 4.69) is 13.0 Å². The number of hydrogen-bond donors (Lipinski definition) is 1. The van der Waals surface area contributed by atoms with Gasteiger partial charge in [0, 0.05) is 5.39 Å². The molecule has 0 aliphatic carbocycles. The predicted octanol–water partition coefficient (Wildman–Crippen LogP) is 7.33. The lowest BCUT2D eigenvalue weighted by molar-refractivity contribution is 0.484. The minimum absolute atomic E-state index is 0.00143. The minimum Gasteiger partial charge on any atom is -0.282 e. The molecule has 4 heteroatoms. The molecule has 0 radical (unpaired) electrons. The van der Waals surface area contributed by atoms with E-state index in [1.807, 2.05) is 18.2 Å². The maximum Gasteiger partial charge on any atom is 0.295 e. The fraction of sp³-hybridized carbons (Fsp3) is 0.583. The highest BCUT2D eigenvalue weighted by Crippen LogP contribution is 2.25. The zero-order valence-electron chi connectivity index (χ0n) is 17.3. The van der Waals surface area contributed by atoms with Crippen LogP contribution in [0.4, 0.5) is 0 Å². The third kappa shape index (κ3) is 7.92. The third-order valence-corrected chi connectivity index (χ3v) is 6.42. The molecular weight excluding hydrogens is 368 g/mol. The van der Waals surface area contributed by atoms with E-state index in [1.165, 1.54) is 76.7 Å². The normalized spacial score (nSPS) is 11.9. The highest BCUT2D eigenvalue weighted by Gasteiger charge is 2.13. The Morgan fingerprint density at radius 1 is 0.750 bits per heavy atom. The molecule has 0 aliphatic rings. The van der Waals surface area contributed by atoms with Gasteiger partial charge in [-0.15, -0.1) is 0 Å². The summed E-state index contributed by atoms with van der Waals surface area (Å²) in [6.07, 6.45) is 16.9. The van der Waals surface area contributed by atoms with Gasteiger partial charge in [0.15, 0.2) is 0 Å². The fourth-order valence-corrected chi connectivity index (χ4v) is 4.55. The molecule has 0 aromatic heterocycles. The lowest BCUT2D eigenvalue weighted by Gasteiger charge is -2.07. The summed E-state index contributed by atoms with van der Waals surface area (Å²) in [5, 5.41) is 1.45. The molecule has 0 bridgehead atoms. The van der Waals surface area contributed by atoms with Gasteiger partial charge in [0.05, 0.1) is 0 Å². The first-order valence-corrected chi connectivity index (χ1v) is 12.5. The van der Waals surface area contributed by atoms with Crippen LogP contribution in [0.5, 0.6) is 0 Å². The summed E-state index contributed by atoms with van der Waals surface area (Å²) in [7, 11) is -4.19. The molecule has 0 spiro atoms. The van der Waals surface area contributed by atoms with Gasteiger partial charge in [0.2, 0.25) is 0 Å². The summed E-state index contributed by atoms with van der Waals surface area (Å²) >= 11 is 0. The lowest BCUT2D eigenvalue weighted by Crippen LogP contribution is -1.99. The number of benzene rings is 2. The molecule has 156 valence electrons. The third-order valence-electron chi connectivity index (χ3n) is 5.50. The van der Waals surface area contributed by atoms with Crippen LogP contribution >= 0.6 is 0 Å². The van der Waals surface area contributed by atoms with Gasteiger partial charge < -0.3 is 0 Å². The van der Waals surface area contributed by atoms with E-state index in [0.717, 1.165) is 23.8 Å². The van der Waals surface area contributed by atoms with E-state index < -0.39 is 10.1 Å². The Labute approximate surface area is 171 Å². The van der Waals surface area contributed by atoms with Crippen LogP contribution in [0.2, 0.25) is 0 Å². The molecule has 2 aromatic carbocycles. The molecule has 2 aromatic rings. The van der Waals surface area contributed by atoms with E-state index in [-0.39, 0.29) is 4.90 Å². The van der Waals surface area contributed by atoms with Crippen LogP contribution in [0, 0.1) is 0 Å². The van der Waals surface area contributed by atoms with Crippen LogP contribution < -0.4 is 0 Å². The summed E-state index contributed by atoms with van der Waals surface area (Å²) in [6.45, 7) is 2.26. The zero-order chi connectivity index (χ0) is 20.2. The maximum absolute atomic E-state index is 11.6. The fourth-order valence-electron chi connectivity index (χ4n) is 3.84. The Bertz CT molecular complexity index is 812. The maximum atomic E-state index is 11.6. The van der Waals surface area contributed by atoms with Crippen LogP contribution in [0.15, 0.2) is 41.3 Å². The molecule has 0 unspecified atom stereocenters. The highest BCUT2D eigenvalue weighted by molar-refractivity contribution is 7.86. The first kappa shape index (κ1) is 22.9. The van der Waals surface area contributed by atoms with Crippen LogP contribution in [-0.4, -0.2) is 13.0 Å². The SMILES string of the molecule is CCCCCCCCCCCCCCc1ccc2cccc(S(=O)(=O)O)c2c1. The van der Waals surface area contributed by atoms with Gasteiger partial charge >= 0.3 is 0 Å². The van der Waals surface area contributed by atoms with Crippen LogP contribution in [0.1, 0.15) is 89.5 Å². The minimum atomic E-state index is -4.19. The van der Waals surface area contributed by atoms with Crippen molar-refractivity contribution in [3.8, 4) is 0 Å². The molecule has 0 atom stereocenters. The smallest absolute Gasteiger partial charge is 0.282 e. The van der Waals surface area contributed by atoms with Gasteiger partial charge in [-0.1, -0.05) is 102 Å². The van der Waals surface area contributed by atoms with Crippen LogP contribution in [0.3, 0.4) is 0 Å². The second-order valence-corrected chi connectivity index (χ2v) is 9.32. The first-order valence-electron chi connectivity index (χ1n) is 11.0. The Hall–Kier alpha value is -1.39. The summed E-state index contributed by atoms with van der Waals surface area (Å²) in [6, 6.07) is 10.9. The van der Waals surface area contributed by atoms with Crippen molar-refractivity contribution in [2.75, 3.05) is 0 Å². The topological polar surface area (TPSA) is 54.4 Å². The summed E-state index contributed by atoms with van der Waals surface area (Å²) in [5.41, 5.74) is 1.13. The zero-order valence-corrected chi connectivity index (χ0v) is 18.1. The molecule has 2 rings (SSSR count). The number of unbranched alkanes of at least 4 members (excludes halogenated alkanes) is 11. The second kappa shape index (κ2) is 12.2. The number of fused-ring (bicyclic) bond motifs is 1. The monoisotopic (exact) mass is 404 g/mol. The quantitative estimate of drug-likeness (QED) is 0.265. The average molecular weight is 405 g/mol. The summed E-state index contributed by atoms with van der Waals surface area (Å²) < 4.78 is 32.6. The lowest BCUT2D eigenvalue weighted by atomic mass is 10.0. The van der Waals surface area contributed by atoms with Gasteiger partial charge in [-0.2, -0.15) is 8.42 Å².